The fourth-order valence-electron chi connectivity index (χ4n) is 2.97. The van der Waals surface area contributed by atoms with E-state index in [0.29, 0.717) is 5.41 Å². The first-order valence-electron chi connectivity index (χ1n) is 5.97. The first-order valence-corrected chi connectivity index (χ1v) is 7.86. The van der Waals surface area contributed by atoms with E-state index in [-0.39, 0.29) is 0 Å². The summed E-state index contributed by atoms with van der Waals surface area (Å²) >= 11 is 3.66. The average molecular weight is 248 g/mol. The molecule has 0 saturated heterocycles. The Kier molecular flexibility index (Phi) is 2.86. The summed E-state index contributed by atoms with van der Waals surface area (Å²) in [6.45, 7) is 0. The van der Waals surface area contributed by atoms with E-state index in [1.54, 1.807) is 11.1 Å². The van der Waals surface area contributed by atoms with Gasteiger partial charge < -0.3 is 0 Å². The fourth-order valence-corrected chi connectivity index (χ4v) is 4.48. The molecule has 84 valence electrons. The van der Waals surface area contributed by atoms with Crippen LogP contribution in [-0.4, -0.2) is 0 Å². The molecule has 0 aliphatic heterocycles. The quantitative estimate of drug-likeness (QED) is 0.697. The van der Waals surface area contributed by atoms with Gasteiger partial charge in [-0.1, -0.05) is 19.3 Å². The summed E-state index contributed by atoms with van der Waals surface area (Å²) in [6, 6.07) is 4.65. The summed E-state index contributed by atoms with van der Waals surface area (Å²) in [5.41, 5.74) is 3.45. The van der Waals surface area contributed by atoms with E-state index in [4.69, 9.17) is 0 Å². The monoisotopic (exact) mass is 248 g/mol. The van der Waals surface area contributed by atoms with Crippen LogP contribution in [0.4, 0.5) is 0 Å². The Morgan fingerprint density at radius 2 is 1.38 bits per heavy atom. The molecular weight excluding hydrogens is 232 g/mol. The summed E-state index contributed by atoms with van der Waals surface area (Å²) in [5.74, 6) is 0. The van der Waals surface area contributed by atoms with Crippen LogP contribution >= 0.6 is 22.7 Å². The Morgan fingerprint density at radius 1 is 0.812 bits per heavy atom. The lowest BCUT2D eigenvalue weighted by molar-refractivity contribution is 0.347. The van der Waals surface area contributed by atoms with E-state index in [1.807, 2.05) is 22.7 Å². The van der Waals surface area contributed by atoms with Crippen molar-refractivity contribution < 1.29 is 0 Å². The standard InChI is InChI=1S/C14H16S2/c1-2-6-14(7-3-1,12-4-8-15-10-12)13-5-9-16-11-13/h4-5,8-11H,1-3,6-7H2. The predicted octanol–water partition coefficient (Wildman–Crippen LogP) is 5.06. The Balaban J connectivity index is 2.07. The number of hydrogen-bond donors (Lipinski definition) is 0. The van der Waals surface area contributed by atoms with Crippen molar-refractivity contribution in [3.05, 3.63) is 44.8 Å². The van der Waals surface area contributed by atoms with Gasteiger partial charge in [-0.25, -0.2) is 0 Å². The minimum absolute atomic E-state index is 0.345. The molecule has 0 N–H and O–H groups in total. The zero-order chi connectivity index (χ0) is 10.8. The first-order chi connectivity index (χ1) is 7.92. The van der Waals surface area contributed by atoms with E-state index in [1.165, 1.54) is 32.1 Å². The highest BCUT2D eigenvalue weighted by Gasteiger charge is 2.36. The predicted molar refractivity (Wildman–Crippen MR) is 72.5 cm³/mol. The van der Waals surface area contributed by atoms with Gasteiger partial charge in [0.25, 0.3) is 0 Å². The molecule has 2 heteroatoms. The van der Waals surface area contributed by atoms with Crippen LogP contribution in [0, 0.1) is 0 Å². The van der Waals surface area contributed by atoms with Crippen LogP contribution in [0.25, 0.3) is 0 Å². The van der Waals surface area contributed by atoms with Gasteiger partial charge in [0.05, 0.1) is 0 Å². The minimum atomic E-state index is 0.345. The van der Waals surface area contributed by atoms with Gasteiger partial charge in [0.2, 0.25) is 0 Å². The molecule has 16 heavy (non-hydrogen) atoms. The molecule has 0 atom stereocenters. The van der Waals surface area contributed by atoms with Crippen molar-refractivity contribution in [3.8, 4) is 0 Å². The third-order valence-electron chi connectivity index (χ3n) is 3.85. The molecule has 1 aliphatic rings. The van der Waals surface area contributed by atoms with Gasteiger partial charge in [-0.2, -0.15) is 22.7 Å². The maximum atomic E-state index is 2.35. The van der Waals surface area contributed by atoms with Crippen molar-refractivity contribution in [1.29, 1.82) is 0 Å². The van der Waals surface area contributed by atoms with Crippen molar-refractivity contribution in [2.45, 2.75) is 37.5 Å². The normalized spacial score (nSPS) is 19.8. The SMILES string of the molecule is c1cc(C2(c3ccsc3)CCCCC2)cs1. The smallest absolute Gasteiger partial charge is 0.0219 e. The highest BCUT2D eigenvalue weighted by atomic mass is 32.1. The van der Waals surface area contributed by atoms with Crippen LogP contribution in [0.3, 0.4) is 0 Å². The van der Waals surface area contributed by atoms with Crippen LogP contribution in [0.5, 0.6) is 0 Å². The Hall–Kier alpha value is -0.600. The molecule has 0 spiro atoms. The van der Waals surface area contributed by atoms with Gasteiger partial charge in [-0.3, -0.25) is 0 Å². The summed E-state index contributed by atoms with van der Waals surface area (Å²) in [6.07, 6.45) is 6.84. The van der Waals surface area contributed by atoms with Gasteiger partial charge in [-0.05, 0) is 57.6 Å². The lowest BCUT2D eigenvalue weighted by Crippen LogP contribution is -2.29. The van der Waals surface area contributed by atoms with Crippen molar-refractivity contribution in [2.24, 2.45) is 0 Å². The van der Waals surface area contributed by atoms with Crippen LogP contribution < -0.4 is 0 Å². The van der Waals surface area contributed by atoms with Gasteiger partial charge >= 0.3 is 0 Å². The van der Waals surface area contributed by atoms with Crippen molar-refractivity contribution >= 4 is 22.7 Å². The number of rotatable bonds is 2. The van der Waals surface area contributed by atoms with E-state index in [0.717, 1.165) is 0 Å². The second-order valence-corrected chi connectivity index (χ2v) is 6.23. The molecule has 3 rings (SSSR count). The molecule has 0 amide bonds. The molecule has 0 bridgehead atoms. The van der Waals surface area contributed by atoms with Crippen LogP contribution in [-0.2, 0) is 5.41 Å². The molecule has 1 fully saturated rings. The maximum Gasteiger partial charge on any atom is 0.0219 e. The van der Waals surface area contributed by atoms with E-state index < -0.39 is 0 Å². The second-order valence-electron chi connectivity index (χ2n) is 4.67. The molecule has 1 aliphatic carbocycles. The molecule has 0 nitrogen and oxygen atoms in total. The summed E-state index contributed by atoms with van der Waals surface area (Å²) in [4.78, 5) is 0. The van der Waals surface area contributed by atoms with Gasteiger partial charge in [-0.15, -0.1) is 0 Å². The highest BCUT2D eigenvalue weighted by molar-refractivity contribution is 7.08. The number of hydrogen-bond acceptors (Lipinski definition) is 2. The van der Waals surface area contributed by atoms with E-state index in [2.05, 4.69) is 33.7 Å². The summed E-state index contributed by atoms with van der Waals surface area (Å²) in [7, 11) is 0. The topological polar surface area (TPSA) is 0 Å². The molecule has 0 aromatic carbocycles. The third kappa shape index (κ3) is 1.64. The molecular formula is C14H16S2. The minimum Gasteiger partial charge on any atom is -0.152 e. The zero-order valence-corrected chi connectivity index (χ0v) is 10.9. The molecule has 2 aromatic heterocycles. The van der Waals surface area contributed by atoms with Gasteiger partial charge in [0.1, 0.15) is 0 Å². The maximum absolute atomic E-state index is 2.35. The lowest BCUT2D eigenvalue weighted by Gasteiger charge is -2.37. The van der Waals surface area contributed by atoms with Gasteiger partial charge in [0.15, 0.2) is 0 Å². The van der Waals surface area contributed by atoms with E-state index in [9.17, 15) is 0 Å². The molecule has 0 unspecified atom stereocenters. The molecule has 2 aromatic rings. The zero-order valence-electron chi connectivity index (χ0n) is 9.32. The Labute approximate surface area is 105 Å². The van der Waals surface area contributed by atoms with Crippen molar-refractivity contribution in [2.75, 3.05) is 0 Å². The highest BCUT2D eigenvalue weighted by Crippen LogP contribution is 2.46. The largest absolute Gasteiger partial charge is 0.152 e. The summed E-state index contributed by atoms with van der Waals surface area (Å²) in [5, 5.41) is 9.14. The third-order valence-corrected chi connectivity index (χ3v) is 5.22. The molecule has 1 saturated carbocycles. The van der Waals surface area contributed by atoms with E-state index >= 15 is 0 Å². The van der Waals surface area contributed by atoms with Crippen molar-refractivity contribution in [1.82, 2.24) is 0 Å². The lowest BCUT2D eigenvalue weighted by atomic mass is 9.67. The fraction of sp³-hybridized carbons (Fsp3) is 0.429. The number of thiophene rings is 2. The Morgan fingerprint density at radius 3 is 1.81 bits per heavy atom. The van der Waals surface area contributed by atoms with Gasteiger partial charge in [0, 0.05) is 5.41 Å². The second kappa shape index (κ2) is 4.34. The average Bonchev–Trinajstić information content (AvgIpc) is 3.04. The molecule has 2 heterocycles. The Bertz CT molecular complexity index is 383. The summed E-state index contributed by atoms with van der Waals surface area (Å²) < 4.78 is 0. The van der Waals surface area contributed by atoms with Crippen LogP contribution in [0.15, 0.2) is 33.7 Å². The molecule has 0 radical (unpaired) electrons. The van der Waals surface area contributed by atoms with Crippen LogP contribution in [0.1, 0.15) is 43.2 Å². The van der Waals surface area contributed by atoms with Crippen molar-refractivity contribution in [3.63, 3.8) is 0 Å². The van der Waals surface area contributed by atoms with Crippen LogP contribution in [0.2, 0.25) is 0 Å². The first kappa shape index (κ1) is 10.5.